The van der Waals surface area contributed by atoms with E-state index in [0.29, 0.717) is 12.6 Å². The van der Waals surface area contributed by atoms with Gasteiger partial charge in [0.05, 0.1) is 6.61 Å². The minimum Gasteiger partial charge on any atom is -0.396 e. The van der Waals surface area contributed by atoms with Crippen molar-refractivity contribution in [1.29, 1.82) is 0 Å². The van der Waals surface area contributed by atoms with Gasteiger partial charge in [-0.25, -0.2) is 0 Å². The van der Waals surface area contributed by atoms with Gasteiger partial charge in [0.2, 0.25) is 0 Å². The van der Waals surface area contributed by atoms with E-state index in [1.165, 1.54) is 12.8 Å². The molecule has 3 atom stereocenters. The minimum absolute atomic E-state index is 0.223. The predicted molar refractivity (Wildman–Crippen MR) is 68.7 cm³/mol. The van der Waals surface area contributed by atoms with Crippen LogP contribution in [0.4, 0.5) is 0 Å². The van der Waals surface area contributed by atoms with Crippen LogP contribution in [-0.2, 0) is 4.74 Å². The van der Waals surface area contributed by atoms with E-state index < -0.39 is 0 Å². The molecule has 0 rings (SSSR count). The first-order valence-corrected chi connectivity index (χ1v) is 6.53. The van der Waals surface area contributed by atoms with Crippen LogP contribution in [0.5, 0.6) is 0 Å². The van der Waals surface area contributed by atoms with Crippen molar-refractivity contribution in [3.05, 3.63) is 0 Å². The Labute approximate surface area is 101 Å². The van der Waals surface area contributed by atoms with Crippen LogP contribution in [0.25, 0.3) is 0 Å². The highest BCUT2D eigenvalue weighted by Gasteiger charge is 2.15. The largest absolute Gasteiger partial charge is 0.396 e. The lowest BCUT2D eigenvalue weighted by atomic mass is 9.97. The summed E-state index contributed by atoms with van der Waals surface area (Å²) >= 11 is 0. The van der Waals surface area contributed by atoms with Gasteiger partial charge in [-0.1, -0.05) is 27.2 Å². The molecule has 0 aromatic rings. The molecule has 3 heteroatoms. The molecule has 3 unspecified atom stereocenters. The maximum absolute atomic E-state index is 8.98. The maximum atomic E-state index is 8.98. The minimum atomic E-state index is 0.223. The predicted octanol–water partition coefficient (Wildman–Crippen LogP) is 2.19. The highest BCUT2D eigenvalue weighted by molar-refractivity contribution is 4.74. The Morgan fingerprint density at radius 3 is 2.31 bits per heavy atom. The number of aliphatic hydroxyl groups excluding tert-OH is 1. The molecule has 0 aromatic heterocycles. The van der Waals surface area contributed by atoms with Crippen molar-refractivity contribution in [1.82, 2.24) is 5.32 Å². The van der Waals surface area contributed by atoms with Crippen LogP contribution in [-0.4, -0.2) is 37.5 Å². The van der Waals surface area contributed by atoms with Crippen molar-refractivity contribution < 1.29 is 9.84 Å². The van der Waals surface area contributed by atoms with E-state index in [2.05, 4.69) is 26.1 Å². The van der Waals surface area contributed by atoms with Gasteiger partial charge in [0.1, 0.15) is 0 Å². The highest BCUT2D eigenvalue weighted by atomic mass is 16.5. The van der Waals surface area contributed by atoms with Gasteiger partial charge in [-0.15, -0.1) is 0 Å². The Bertz CT molecular complexity index is 147. The molecule has 0 aliphatic heterocycles. The summed E-state index contributed by atoms with van der Waals surface area (Å²) in [5.74, 6) is 0.759. The molecule has 0 amide bonds. The molecule has 0 spiro atoms. The van der Waals surface area contributed by atoms with E-state index in [1.54, 1.807) is 7.11 Å². The summed E-state index contributed by atoms with van der Waals surface area (Å²) in [5.41, 5.74) is 0. The van der Waals surface area contributed by atoms with Gasteiger partial charge < -0.3 is 15.2 Å². The standard InChI is InChI=1S/C13H29NO2/c1-5-11(3)9-12(6-2)14-13(7-8-15)10-16-4/h11-15H,5-10H2,1-4H3. The van der Waals surface area contributed by atoms with E-state index >= 15 is 0 Å². The molecule has 0 heterocycles. The third-order valence-electron chi connectivity index (χ3n) is 3.19. The van der Waals surface area contributed by atoms with Crippen LogP contribution in [0.15, 0.2) is 0 Å². The zero-order valence-electron chi connectivity index (χ0n) is 11.3. The fourth-order valence-electron chi connectivity index (χ4n) is 1.91. The summed E-state index contributed by atoms with van der Waals surface area (Å²) in [5, 5.41) is 12.6. The number of rotatable bonds is 10. The van der Waals surface area contributed by atoms with Crippen LogP contribution in [0.2, 0.25) is 0 Å². The molecular formula is C13H29NO2. The van der Waals surface area contributed by atoms with E-state index in [0.717, 1.165) is 18.8 Å². The van der Waals surface area contributed by atoms with E-state index in [9.17, 15) is 0 Å². The van der Waals surface area contributed by atoms with Crippen LogP contribution >= 0.6 is 0 Å². The number of nitrogens with one attached hydrogen (secondary N) is 1. The normalized spacial score (nSPS) is 17.1. The summed E-state index contributed by atoms with van der Waals surface area (Å²) in [6.45, 7) is 7.64. The lowest BCUT2D eigenvalue weighted by Crippen LogP contribution is -2.42. The summed E-state index contributed by atoms with van der Waals surface area (Å²) in [6, 6.07) is 0.825. The molecule has 0 fully saturated rings. The third kappa shape index (κ3) is 7.20. The molecule has 0 aliphatic carbocycles. The number of hydrogen-bond donors (Lipinski definition) is 2. The third-order valence-corrected chi connectivity index (χ3v) is 3.19. The van der Waals surface area contributed by atoms with Crippen molar-refractivity contribution in [2.75, 3.05) is 20.3 Å². The van der Waals surface area contributed by atoms with Gasteiger partial charge in [0.15, 0.2) is 0 Å². The molecule has 3 nitrogen and oxygen atoms in total. The van der Waals surface area contributed by atoms with Gasteiger partial charge in [0.25, 0.3) is 0 Å². The fourth-order valence-corrected chi connectivity index (χ4v) is 1.91. The van der Waals surface area contributed by atoms with Gasteiger partial charge in [0, 0.05) is 25.8 Å². The van der Waals surface area contributed by atoms with Crippen LogP contribution in [0, 0.1) is 5.92 Å². The lowest BCUT2D eigenvalue weighted by molar-refractivity contribution is 0.139. The van der Waals surface area contributed by atoms with Gasteiger partial charge in [-0.2, -0.15) is 0 Å². The van der Waals surface area contributed by atoms with Crippen molar-refractivity contribution in [3.8, 4) is 0 Å². The van der Waals surface area contributed by atoms with E-state index in [1.807, 2.05) is 0 Å². The quantitative estimate of drug-likeness (QED) is 0.605. The zero-order valence-corrected chi connectivity index (χ0v) is 11.3. The average Bonchev–Trinajstić information content (AvgIpc) is 2.28. The molecule has 0 radical (unpaired) electrons. The molecule has 0 saturated heterocycles. The maximum Gasteiger partial charge on any atom is 0.0616 e. The second-order valence-electron chi connectivity index (χ2n) is 4.69. The Morgan fingerprint density at radius 2 is 1.88 bits per heavy atom. The summed E-state index contributed by atoms with van der Waals surface area (Å²) in [6.07, 6.45) is 4.34. The first-order chi connectivity index (χ1) is 7.67. The smallest absolute Gasteiger partial charge is 0.0616 e. The number of ether oxygens (including phenoxy) is 1. The number of aliphatic hydroxyl groups is 1. The van der Waals surface area contributed by atoms with Crippen LogP contribution in [0.1, 0.15) is 46.5 Å². The molecule has 98 valence electrons. The van der Waals surface area contributed by atoms with E-state index in [4.69, 9.17) is 9.84 Å². The van der Waals surface area contributed by atoms with Crippen LogP contribution in [0.3, 0.4) is 0 Å². The Balaban J connectivity index is 4.03. The van der Waals surface area contributed by atoms with E-state index in [-0.39, 0.29) is 12.6 Å². The molecule has 2 N–H and O–H groups in total. The lowest BCUT2D eigenvalue weighted by Gasteiger charge is -2.26. The van der Waals surface area contributed by atoms with Gasteiger partial charge >= 0.3 is 0 Å². The first-order valence-electron chi connectivity index (χ1n) is 6.53. The summed E-state index contributed by atoms with van der Waals surface area (Å²) in [4.78, 5) is 0. The molecule has 0 aliphatic rings. The number of methoxy groups -OCH3 is 1. The monoisotopic (exact) mass is 231 g/mol. The average molecular weight is 231 g/mol. The van der Waals surface area contributed by atoms with Crippen molar-refractivity contribution in [2.45, 2.75) is 58.5 Å². The van der Waals surface area contributed by atoms with Crippen molar-refractivity contribution >= 4 is 0 Å². The molecular weight excluding hydrogens is 202 g/mol. The molecule has 0 bridgehead atoms. The second-order valence-corrected chi connectivity index (χ2v) is 4.69. The van der Waals surface area contributed by atoms with Crippen molar-refractivity contribution in [3.63, 3.8) is 0 Å². The summed E-state index contributed by atoms with van der Waals surface area (Å²) < 4.78 is 5.16. The Hall–Kier alpha value is -0.120. The summed E-state index contributed by atoms with van der Waals surface area (Å²) in [7, 11) is 1.71. The Morgan fingerprint density at radius 1 is 1.19 bits per heavy atom. The second kappa shape index (κ2) is 10.1. The molecule has 16 heavy (non-hydrogen) atoms. The van der Waals surface area contributed by atoms with Gasteiger partial charge in [-0.05, 0) is 25.2 Å². The molecule has 0 saturated carbocycles. The Kier molecular flexibility index (Phi) is 9.99. The zero-order chi connectivity index (χ0) is 12.4. The SMILES string of the molecule is CCC(C)CC(CC)NC(CCO)COC. The molecule has 0 aromatic carbocycles. The van der Waals surface area contributed by atoms with Crippen molar-refractivity contribution in [2.24, 2.45) is 5.92 Å². The topological polar surface area (TPSA) is 41.5 Å². The van der Waals surface area contributed by atoms with Gasteiger partial charge in [-0.3, -0.25) is 0 Å². The number of hydrogen-bond acceptors (Lipinski definition) is 3. The van der Waals surface area contributed by atoms with Crippen LogP contribution < -0.4 is 5.32 Å². The first kappa shape index (κ1) is 15.9. The highest BCUT2D eigenvalue weighted by Crippen LogP contribution is 2.13. The fraction of sp³-hybridized carbons (Fsp3) is 1.00.